The highest BCUT2D eigenvalue weighted by Gasteiger charge is 2.60. The number of ether oxygens (including phenoxy) is 1. The van der Waals surface area contributed by atoms with Crippen molar-refractivity contribution in [2.24, 2.45) is 11.8 Å². The molecule has 37 heavy (non-hydrogen) atoms. The molecular formula is C24H30F6N4O3. The Balaban J connectivity index is 1.32. The van der Waals surface area contributed by atoms with E-state index in [9.17, 15) is 35.9 Å². The highest BCUT2D eigenvalue weighted by atomic mass is 19.4. The highest BCUT2D eigenvalue weighted by molar-refractivity contribution is 5.73. The van der Waals surface area contributed by atoms with Gasteiger partial charge in [0.1, 0.15) is 0 Å². The van der Waals surface area contributed by atoms with Crippen LogP contribution in [0.5, 0.6) is 0 Å². The molecular weight excluding hydrogens is 506 g/mol. The molecule has 3 fully saturated rings. The van der Waals surface area contributed by atoms with Crippen molar-refractivity contribution in [3.05, 3.63) is 29.3 Å². The maximum atomic E-state index is 12.7. The van der Waals surface area contributed by atoms with Crippen LogP contribution in [0.25, 0.3) is 0 Å². The van der Waals surface area contributed by atoms with E-state index in [0.717, 1.165) is 34.8 Å². The van der Waals surface area contributed by atoms with E-state index in [1.807, 2.05) is 24.0 Å². The lowest BCUT2D eigenvalue weighted by atomic mass is 10.0. The van der Waals surface area contributed by atoms with Gasteiger partial charge in [0.15, 0.2) is 0 Å². The van der Waals surface area contributed by atoms with Gasteiger partial charge in [-0.2, -0.15) is 26.3 Å². The first-order chi connectivity index (χ1) is 17.2. The fourth-order valence-electron chi connectivity index (χ4n) is 5.55. The van der Waals surface area contributed by atoms with Gasteiger partial charge in [0.25, 0.3) is 6.10 Å². The molecule has 0 bridgehead atoms. The summed E-state index contributed by atoms with van der Waals surface area (Å²) in [5, 5.41) is 0. The van der Waals surface area contributed by atoms with E-state index in [1.54, 1.807) is 6.92 Å². The van der Waals surface area contributed by atoms with E-state index >= 15 is 0 Å². The average Bonchev–Trinajstić information content (AvgIpc) is 3.36. The number of alkyl halides is 6. The highest BCUT2D eigenvalue weighted by Crippen LogP contribution is 2.38. The number of piperazine rings is 1. The van der Waals surface area contributed by atoms with Gasteiger partial charge in [-0.3, -0.25) is 9.69 Å². The number of hydrogen-bond acceptors (Lipinski definition) is 5. The second kappa shape index (κ2) is 10.2. The smallest absolute Gasteiger partial charge is 0.426 e. The number of anilines is 1. The van der Waals surface area contributed by atoms with E-state index < -0.39 is 24.5 Å². The van der Waals surface area contributed by atoms with Crippen LogP contribution in [0.15, 0.2) is 18.2 Å². The van der Waals surface area contributed by atoms with Crippen LogP contribution in [0, 0.1) is 18.8 Å². The summed E-state index contributed by atoms with van der Waals surface area (Å²) >= 11 is 0. The predicted molar refractivity (Wildman–Crippen MR) is 122 cm³/mol. The zero-order chi connectivity index (χ0) is 27.1. The summed E-state index contributed by atoms with van der Waals surface area (Å²) < 4.78 is 80.3. The third-order valence-corrected chi connectivity index (χ3v) is 7.51. The minimum Gasteiger partial charge on any atom is -0.426 e. The fourth-order valence-corrected chi connectivity index (χ4v) is 5.55. The van der Waals surface area contributed by atoms with Gasteiger partial charge in [-0.1, -0.05) is 12.1 Å². The van der Waals surface area contributed by atoms with Crippen molar-refractivity contribution in [2.75, 3.05) is 57.3 Å². The average molecular weight is 537 g/mol. The number of carbonyl (C=O) groups is 2. The molecule has 3 saturated heterocycles. The zero-order valence-corrected chi connectivity index (χ0v) is 20.6. The molecule has 2 amide bonds. The van der Waals surface area contributed by atoms with Crippen LogP contribution in [0.4, 0.5) is 36.8 Å². The number of amides is 2. The van der Waals surface area contributed by atoms with Crippen molar-refractivity contribution in [2.45, 2.75) is 38.8 Å². The number of nitrogens with zero attached hydrogens (tertiary/aromatic N) is 4. The Kier molecular flexibility index (Phi) is 7.55. The molecule has 1 aromatic rings. The van der Waals surface area contributed by atoms with E-state index in [-0.39, 0.29) is 30.8 Å². The third kappa shape index (κ3) is 6.07. The summed E-state index contributed by atoms with van der Waals surface area (Å²) in [6, 6.07) is 6.08. The number of fused-ring (bicyclic) bond motifs is 1. The first kappa shape index (κ1) is 27.3. The molecule has 3 aliphatic heterocycles. The van der Waals surface area contributed by atoms with Gasteiger partial charge in [-0.15, -0.1) is 0 Å². The van der Waals surface area contributed by atoms with E-state index in [4.69, 9.17) is 0 Å². The first-order valence-corrected chi connectivity index (χ1v) is 12.1. The number of benzene rings is 1. The summed E-state index contributed by atoms with van der Waals surface area (Å²) in [6.07, 6.45) is -17.2. The van der Waals surface area contributed by atoms with Crippen LogP contribution in [0.3, 0.4) is 0 Å². The van der Waals surface area contributed by atoms with Crippen molar-refractivity contribution in [1.82, 2.24) is 14.7 Å². The molecule has 4 rings (SSSR count). The van der Waals surface area contributed by atoms with Crippen molar-refractivity contribution >= 4 is 17.7 Å². The maximum absolute atomic E-state index is 12.7. The monoisotopic (exact) mass is 536 g/mol. The first-order valence-electron chi connectivity index (χ1n) is 12.1. The number of carbonyl (C=O) groups excluding carboxylic acids is 2. The molecule has 0 spiro atoms. The van der Waals surface area contributed by atoms with Gasteiger partial charge in [0.05, 0.1) is 0 Å². The molecule has 2 unspecified atom stereocenters. The van der Waals surface area contributed by atoms with Gasteiger partial charge in [-0.25, -0.2) is 4.79 Å². The lowest BCUT2D eigenvalue weighted by molar-refractivity contribution is -0.308. The molecule has 3 heterocycles. The Labute approximate surface area is 210 Å². The van der Waals surface area contributed by atoms with Crippen LogP contribution in [-0.2, 0) is 16.1 Å². The van der Waals surface area contributed by atoms with Crippen molar-refractivity contribution in [3.63, 3.8) is 0 Å². The normalized spacial score (nSPS) is 23.1. The summed E-state index contributed by atoms with van der Waals surface area (Å²) in [6.45, 7) is 8.36. The lowest BCUT2D eigenvalue weighted by Gasteiger charge is -2.36. The lowest BCUT2D eigenvalue weighted by Crippen LogP contribution is -2.48. The molecule has 0 aromatic heterocycles. The minimum atomic E-state index is -5.73. The number of likely N-dealkylation sites (tertiary alicyclic amines) is 2. The van der Waals surface area contributed by atoms with Gasteiger partial charge >= 0.3 is 18.4 Å². The maximum Gasteiger partial charge on any atom is 0.434 e. The SMILES string of the molecule is CC(=O)N1CCN(c2cccc(CN3CC4CN(C(=O)OC(C(F)(F)F)C(F)(F)F)CC4C3)c2C)CC1. The zero-order valence-electron chi connectivity index (χ0n) is 20.6. The largest absolute Gasteiger partial charge is 0.434 e. The molecule has 0 aliphatic carbocycles. The number of hydrogen-bond donors (Lipinski definition) is 0. The van der Waals surface area contributed by atoms with E-state index in [2.05, 4.69) is 20.6 Å². The molecule has 0 saturated carbocycles. The Hall–Kier alpha value is -2.70. The Morgan fingerprint density at radius 3 is 2.00 bits per heavy atom. The van der Waals surface area contributed by atoms with E-state index in [1.165, 1.54) is 0 Å². The molecule has 7 nitrogen and oxygen atoms in total. The summed E-state index contributed by atoms with van der Waals surface area (Å²) in [5.41, 5.74) is 3.37. The van der Waals surface area contributed by atoms with Crippen LogP contribution in [0.1, 0.15) is 18.1 Å². The predicted octanol–water partition coefficient (Wildman–Crippen LogP) is 3.66. The number of halogens is 6. The van der Waals surface area contributed by atoms with Crippen LogP contribution >= 0.6 is 0 Å². The third-order valence-electron chi connectivity index (χ3n) is 7.51. The van der Waals surface area contributed by atoms with Crippen LogP contribution < -0.4 is 4.90 Å². The molecule has 3 aliphatic rings. The number of rotatable bonds is 4. The Bertz CT molecular complexity index is 981. The molecule has 206 valence electrons. The molecule has 1 aromatic carbocycles. The topological polar surface area (TPSA) is 56.3 Å². The second-order valence-corrected chi connectivity index (χ2v) is 10.0. The van der Waals surface area contributed by atoms with Gasteiger partial charge < -0.3 is 19.4 Å². The quantitative estimate of drug-likeness (QED) is 0.550. The molecule has 0 N–H and O–H groups in total. The summed E-state index contributed by atoms with van der Waals surface area (Å²) in [7, 11) is 0. The van der Waals surface area contributed by atoms with Crippen molar-refractivity contribution in [1.29, 1.82) is 0 Å². The van der Waals surface area contributed by atoms with Gasteiger partial charge in [-0.05, 0) is 36.0 Å². The van der Waals surface area contributed by atoms with Gasteiger partial charge in [0, 0.05) is 71.5 Å². The molecule has 0 radical (unpaired) electrons. The van der Waals surface area contributed by atoms with Crippen molar-refractivity contribution < 1.29 is 40.7 Å². The van der Waals surface area contributed by atoms with Gasteiger partial charge in [0.2, 0.25) is 5.91 Å². The summed E-state index contributed by atoms with van der Waals surface area (Å²) in [4.78, 5) is 30.9. The Morgan fingerprint density at radius 1 is 0.919 bits per heavy atom. The van der Waals surface area contributed by atoms with Crippen LogP contribution in [0.2, 0.25) is 0 Å². The minimum absolute atomic E-state index is 0.0501. The van der Waals surface area contributed by atoms with Crippen LogP contribution in [-0.4, -0.2) is 97.5 Å². The summed E-state index contributed by atoms with van der Waals surface area (Å²) in [5.74, 6) is -0.0334. The molecule has 2 atom stereocenters. The van der Waals surface area contributed by atoms with E-state index in [0.29, 0.717) is 32.7 Å². The standard InChI is InChI=1S/C24H30F6N4O3/c1-15-17(4-3-5-20(15)33-8-6-32(7-9-33)16(2)35)10-31-11-18-13-34(14-19(18)12-31)22(36)37-21(23(25,26)27)24(28,29)30/h3-5,18-19,21H,6-14H2,1-2H3. The molecule has 13 heteroatoms. The van der Waals surface area contributed by atoms with Crippen molar-refractivity contribution in [3.8, 4) is 0 Å². The second-order valence-electron chi connectivity index (χ2n) is 10.0. The Morgan fingerprint density at radius 2 is 1.49 bits per heavy atom. The fraction of sp³-hybridized carbons (Fsp3) is 0.667.